The third-order valence-electron chi connectivity index (χ3n) is 4.69. The summed E-state index contributed by atoms with van der Waals surface area (Å²) in [6.07, 6.45) is 1.00. The first-order valence-corrected chi connectivity index (χ1v) is 12.0. The summed E-state index contributed by atoms with van der Waals surface area (Å²) < 4.78 is 40.1. The number of hydrogen-bond acceptors (Lipinski definition) is 4. The number of benzene rings is 2. The summed E-state index contributed by atoms with van der Waals surface area (Å²) in [5, 5.41) is 2.81. The molecule has 0 aromatic heterocycles. The van der Waals surface area contributed by atoms with E-state index in [4.69, 9.17) is 0 Å². The second-order valence-electron chi connectivity index (χ2n) is 8.63. The van der Waals surface area contributed by atoms with Crippen molar-refractivity contribution in [2.45, 2.75) is 45.8 Å². The van der Waals surface area contributed by atoms with Gasteiger partial charge in [-0.2, -0.15) is 0 Å². The smallest absolute Gasteiger partial charge is 0.244 e. The van der Waals surface area contributed by atoms with E-state index in [0.29, 0.717) is 5.69 Å². The molecule has 0 spiro atoms. The number of carbonyl (C=O) groups excluding carboxylic acids is 2. The topological polar surface area (TPSA) is 86.8 Å². The number of sulfonamides is 1. The Morgan fingerprint density at radius 3 is 2.12 bits per heavy atom. The van der Waals surface area contributed by atoms with Crippen LogP contribution in [0.3, 0.4) is 0 Å². The van der Waals surface area contributed by atoms with Gasteiger partial charge < -0.3 is 10.2 Å². The van der Waals surface area contributed by atoms with Gasteiger partial charge in [0.1, 0.15) is 18.4 Å². The van der Waals surface area contributed by atoms with E-state index in [1.54, 1.807) is 57.2 Å². The van der Waals surface area contributed by atoms with Gasteiger partial charge in [0, 0.05) is 17.6 Å². The van der Waals surface area contributed by atoms with Gasteiger partial charge in [0.15, 0.2) is 0 Å². The van der Waals surface area contributed by atoms with Crippen LogP contribution < -0.4 is 9.62 Å². The zero-order chi connectivity index (χ0) is 24.1. The summed E-state index contributed by atoms with van der Waals surface area (Å²) in [4.78, 5) is 27.3. The van der Waals surface area contributed by atoms with E-state index in [0.717, 1.165) is 10.6 Å². The largest absolute Gasteiger partial charge is 0.350 e. The minimum absolute atomic E-state index is 0.184. The molecule has 0 heterocycles. The molecule has 1 N–H and O–H groups in total. The lowest BCUT2D eigenvalue weighted by Gasteiger charge is -2.33. The highest BCUT2D eigenvalue weighted by Gasteiger charge is 2.31. The molecular formula is C23H30FN3O4S. The number of para-hydroxylation sites is 1. The van der Waals surface area contributed by atoms with Gasteiger partial charge in [0.25, 0.3) is 0 Å². The molecule has 1 atom stereocenters. The van der Waals surface area contributed by atoms with Crippen molar-refractivity contribution in [2.75, 3.05) is 17.1 Å². The summed E-state index contributed by atoms with van der Waals surface area (Å²) in [6, 6.07) is 13.2. The fourth-order valence-corrected chi connectivity index (χ4v) is 3.92. The predicted octanol–water partition coefficient (Wildman–Crippen LogP) is 2.92. The molecule has 32 heavy (non-hydrogen) atoms. The maximum absolute atomic E-state index is 14.3. The maximum atomic E-state index is 14.3. The average Bonchev–Trinajstić information content (AvgIpc) is 2.69. The Balaban J connectivity index is 2.39. The van der Waals surface area contributed by atoms with Crippen LogP contribution >= 0.6 is 0 Å². The quantitative estimate of drug-likeness (QED) is 0.652. The normalized spacial score (nSPS) is 12.7. The molecule has 0 aliphatic carbocycles. The van der Waals surface area contributed by atoms with Crippen molar-refractivity contribution in [3.8, 4) is 0 Å². The Labute approximate surface area is 189 Å². The summed E-state index contributed by atoms with van der Waals surface area (Å²) in [5.41, 5.74) is 0.00353. The van der Waals surface area contributed by atoms with E-state index in [2.05, 4.69) is 5.32 Å². The van der Waals surface area contributed by atoms with Crippen LogP contribution in [0, 0.1) is 5.82 Å². The Morgan fingerprint density at radius 2 is 1.59 bits per heavy atom. The molecule has 2 aromatic carbocycles. The minimum atomic E-state index is -3.79. The van der Waals surface area contributed by atoms with Crippen LogP contribution in [0.4, 0.5) is 10.1 Å². The highest BCUT2D eigenvalue weighted by Crippen LogP contribution is 2.19. The highest BCUT2D eigenvalue weighted by molar-refractivity contribution is 7.92. The van der Waals surface area contributed by atoms with E-state index >= 15 is 0 Å². The molecule has 0 saturated carbocycles. The van der Waals surface area contributed by atoms with Crippen LogP contribution in [0.2, 0.25) is 0 Å². The number of hydrogen-bond donors (Lipinski definition) is 1. The van der Waals surface area contributed by atoms with Gasteiger partial charge in [-0.15, -0.1) is 0 Å². The van der Waals surface area contributed by atoms with E-state index < -0.39 is 45.8 Å². The Bertz CT molecular complexity index is 1050. The van der Waals surface area contributed by atoms with Crippen LogP contribution in [-0.4, -0.2) is 49.5 Å². The molecule has 2 amide bonds. The average molecular weight is 464 g/mol. The molecule has 7 nitrogen and oxygen atoms in total. The van der Waals surface area contributed by atoms with Gasteiger partial charge in [-0.3, -0.25) is 13.9 Å². The maximum Gasteiger partial charge on any atom is 0.244 e. The zero-order valence-electron chi connectivity index (χ0n) is 19.0. The van der Waals surface area contributed by atoms with Gasteiger partial charge in [-0.25, -0.2) is 12.8 Å². The van der Waals surface area contributed by atoms with Crippen molar-refractivity contribution in [2.24, 2.45) is 0 Å². The molecule has 0 bridgehead atoms. The lowest BCUT2D eigenvalue weighted by Crippen LogP contribution is -2.54. The molecule has 174 valence electrons. The van der Waals surface area contributed by atoms with Crippen LogP contribution in [-0.2, 0) is 26.2 Å². The second-order valence-corrected chi connectivity index (χ2v) is 10.5. The van der Waals surface area contributed by atoms with Gasteiger partial charge in [0.05, 0.1) is 11.9 Å². The molecule has 0 aliphatic heterocycles. The van der Waals surface area contributed by atoms with Crippen LogP contribution in [0.5, 0.6) is 0 Å². The van der Waals surface area contributed by atoms with Crippen LogP contribution in [0.1, 0.15) is 33.3 Å². The first kappa shape index (κ1) is 25.3. The van der Waals surface area contributed by atoms with E-state index in [1.165, 1.54) is 30.0 Å². The molecule has 0 fully saturated rings. The lowest BCUT2D eigenvalue weighted by atomic mass is 10.1. The summed E-state index contributed by atoms with van der Waals surface area (Å²) >= 11 is 0. The van der Waals surface area contributed by atoms with E-state index in [1.807, 2.05) is 0 Å². The Kier molecular flexibility index (Phi) is 8.01. The predicted molar refractivity (Wildman–Crippen MR) is 123 cm³/mol. The molecule has 0 aliphatic rings. The van der Waals surface area contributed by atoms with E-state index in [-0.39, 0.29) is 12.1 Å². The number of anilines is 1. The Morgan fingerprint density at radius 1 is 1.03 bits per heavy atom. The van der Waals surface area contributed by atoms with Crippen molar-refractivity contribution in [3.63, 3.8) is 0 Å². The standard InChI is InChI=1S/C23H30FN3O4S/c1-17(22(29)25-23(2,3)4)26(15-18-11-9-10-14-20(18)24)21(28)16-27(32(5,30)31)19-12-7-6-8-13-19/h6-14,17H,15-16H2,1-5H3,(H,25,29)/t17-/m1/s1. The van der Waals surface area contributed by atoms with Gasteiger partial charge in [-0.05, 0) is 45.9 Å². The third-order valence-corrected chi connectivity index (χ3v) is 5.83. The molecule has 2 aromatic rings. The van der Waals surface area contributed by atoms with Gasteiger partial charge >= 0.3 is 0 Å². The molecule has 0 unspecified atom stereocenters. The summed E-state index contributed by atoms with van der Waals surface area (Å²) in [6.45, 7) is 6.25. The first-order chi connectivity index (χ1) is 14.8. The second kappa shape index (κ2) is 10.1. The fourth-order valence-electron chi connectivity index (χ4n) is 3.07. The minimum Gasteiger partial charge on any atom is -0.350 e. The zero-order valence-corrected chi connectivity index (χ0v) is 19.8. The number of rotatable bonds is 8. The fraction of sp³-hybridized carbons (Fsp3) is 0.391. The number of nitrogens with one attached hydrogen (secondary N) is 1. The monoisotopic (exact) mass is 463 g/mol. The van der Waals surface area contributed by atoms with Crippen molar-refractivity contribution < 1.29 is 22.4 Å². The van der Waals surface area contributed by atoms with Crippen molar-refractivity contribution in [1.82, 2.24) is 10.2 Å². The summed E-state index contributed by atoms with van der Waals surface area (Å²) in [5.74, 6) is -1.57. The van der Waals surface area contributed by atoms with Crippen molar-refractivity contribution in [3.05, 3.63) is 66.0 Å². The van der Waals surface area contributed by atoms with Crippen LogP contribution in [0.25, 0.3) is 0 Å². The number of halogens is 1. The molecule has 0 radical (unpaired) electrons. The first-order valence-electron chi connectivity index (χ1n) is 10.2. The van der Waals surface area contributed by atoms with Crippen molar-refractivity contribution in [1.29, 1.82) is 0 Å². The number of amides is 2. The molecular weight excluding hydrogens is 433 g/mol. The lowest BCUT2D eigenvalue weighted by molar-refractivity contribution is -0.140. The highest BCUT2D eigenvalue weighted by atomic mass is 32.2. The van der Waals surface area contributed by atoms with Gasteiger partial charge in [0.2, 0.25) is 21.8 Å². The molecule has 2 rings (SSSR count). The van der Waals surface area contributed by atoms with E-state index in [9.17, 15) is 22.4 Å². The third kappa shape index (κ3) is 7.05. The van der Waals surface area contributed by atoms with Crippen molar-refractivity contribution >= 4 is 27.5 Å². The number of carbonyl (C=O) groups is 2. The Hall–Kier alpha value is -2.94. The summed E-state index contributed by atoms with van der Waals surface area (Å²) in [7, 11) is -3.79. The molecule has 9 heteroatoms. The number of nitrogens with zero attached hydrogens (tertiary/aromatic N) is 2. The van der Waals surface area contributed by atoms with Gasteiger partial charge in [-0.1, -0.05) is 36.4 Å². The SMILES string of the molecule is C[C@H](C(=O)NC(C)(C)C)N(Cc1ccccc1F)C(=O)CN(c1ccccc1)S(C)(=O)=O. The molecule has 0 saturated heterocycles. The van der Waals surface area contributed by atoms with Crippen LogP contribution in [0.15, 0.2) is 54.6 Å².